The number of alkyl halides is 3. The molecule has 156 valence electrons. The molecule has 12 heteroatoms. The number of rotatable bonds is 5. The van der Waals surface area contributed by atoms with E-state index in [9.17, 15) is 26.4 Å². The van der Waals surface area contributed by atoms with E-state index in [0.29, 0.717) is 30.8 Å². The summed E-state index contributed by atoms with van der Waals surface area (Å²) in [5, 5.41) is 2.55. The molecule has 0 saturated heterocycles. The Kier molecular flexibility index (Phi) is 5.92. The summed E-state index contributed by atoms with van der Waals surface area (Å²) in [6, 6.07) is 6.06. The van der Waals surface area contributed by atoms with Crippen molar-refractivity contribution in [3.8, 4) is 11.5 Å². The topological polar surface area (TPSA) is 93.7 Å². The second kappa shape index (κ2) is 8.09. The van der Waals surface area contributed by atoms with Gasteiger partial charge in [0.2, 0.25) is 15.9 Å². The number of nitrogens with one attached hydrogen (secondary N) is 2. The lowest BCUT2D eigenvalue weighted by Gasteiger charge is -2.20. The molecule has 0 bridgehead atoms. The van der Waals surface area contributed by atoms with Gasteiger partial charge in [0, 0.05) is 12.1 Å². The van der Waals surface area contributed by atoms with Crippen LogP contribution in [0.5, 0.6) is 11.5 Å². The number of ether oxygens (including phenoxy) is 2. The fourth-order valence-corrected chi connectivity index (χ4v) is 3.67. The Balaban J connectivity index is 1.68. The fraction of sp³-hybridized carbons (Fsp3) is 0.235. The van der Waals surface area contributed by atoms with E-state index >= 15 is 0 Å². The zero-order valence-corrected chi connectivity index (χ0v) is 16.1. The van der Waals surface area contributed by atoms with Crippen LogP contribution in [0.1, 0.15) is 5.56 Å². The first kappa shape index (κ1) is 21.2. The summed E-state index contributed by atoms with van der Waals surface area (Å²) in [7, 11) is -4.34. The van der Waals surface area contributed by atoms with E-state index in [2.05, 4.69) is 5.32 Å². The largest absolute Gasteiger partial charge is 0.486 e. The van der Waals surface area contributed by atoms with Crippen molar-refractivity contribution in [3.63, 3.8) is 0 Å². The van der Waals surface area contributed by atoms with Crippen molar-refractivity contribution >= 4 is 33.2 Å². The fourth-order valence-electron chi connectivity index (χ4n) is 2.44. The predicted octanol–water partition coefficient (Wildman–Crippen LogP) is 3.05. The quantitative estimate of drug-likeness (QED) is 0.730. The van der Waals surface area contributed by atoms with Gasteiger partial charge in [-0.15, -0.1) is 0 Å². The summed E-state index contributed by atoms with van der Waals surface area (Å²) in [5.41, 5.74) is -0.952. The number of carbonyl (C=O) groups is 1. The number of sulfonamides is 1. The molecule has 1 heterocycles. The molecule has 0 atom stereocenters. The minimum Gasteiger partial charge on any atom is -0.486 e. The summed E-state index contributed by atoms with van der Waals surface area (Å²) < 4.78 is 75.4. The smallest absolute Gasteiger partial charge is 0.416 e. The highest BCUT2D eigenvalue weighted by Gasteiger charge is 2.31. The number of anilines is 1. The molecule has 29 heavy (non-hydrogen) atoms. The maximum Gasteiger partial charge on any atom is 0.416 e. The molecule has 1 amide bonds. The Bertz CT molecular complexity index is 1040. The van der Waals surface area contributed by atoms with E-state index in [1.54, 1.807) is 0 Å². The van der Waals surface area contributed by atoms with E-state index in [1.807, 2.05) is 4.72 Å². The van der Waals surface area contributed by atoms with Crippen LogP contribution in [0.3, 0.4) is 0 Å². The Morgan fingerprint density at radius 3 is 2.41 bits per heavy atom. The Morgan fingerprint density at radius 2 is 1.76 bits per heavy atom. The molecule has 2 aromatic carbocycles. The van der Waals surface area contributed by atoms with E-state index in [0.717, 1.165) is 18.2 Å². The minimum atomic E-state index is -4.70. The molecular weight excluding hydrogens is 437 g/mol. The molecule has 1 aliphatic heterocycles. The number of fused-ring (bicyclic) bond motifs is 1. The zero-order valence-electron chi connectivity index (χ0n) is 14.5. The van der Waals surface area contributed by atoms with Gasteiger partial charge in [0.1, 0.15) is 13.2 Å². The van der Waals surface area contributed by atoms with Crippen molar-refractivity contribution in [3.05, 3.63) is 47.0 Å². The Morgan fingerprint density at radius 1 is 1.10 bits per heavy atom. The van der Waals surface area contributed by atoms with Gasteiger partial charge in [-0.05, 0) is 18.2 Å². The summed E-state index contributed by atoms with van der Waals surface area (Å²) in [5.74, 6) is -0.0101. The molecule has 0 radical (unpaired) electrons. The highest BCUT2D eigenvalue weighted by atomic mass is 35.5. The van der Waals surface area contributed by atoms with Gasteiger partial charge in [-0.25, -0.2) is 13.1 Å². The Labute approximate surface area is 168 Å². The van der Waals surface area contributed by atoms with E-state index in [1.165, 1.54) is 12.1 Å². The van der Waals surface area contributed by atoms with Crippen molar-refractivity contribution < 1.29 is 35.9 Å². The van der Waals surface area contributed by atoms with Gasteiger partial charge >= 0.3 is 6.18 Å². The van der Waals surface area contributed by atoms with Gasteiger partial charge in [0.15, 0.2) is 11.5 Å². The highest BCUT2D eigenvalue weighted by molar-refractivity contribution is 7.89. The minimum absolute atomic E-state index is 0.142. The van der Waals surface area contributed by atoms with E-state index < -0.39 is 39.1 Å². The molecule has 2 N–H and O–H groups in total. The van der Waals surface area contributed by atoms with Gasteiger partial charge in [0.25, 0.3) is 0 Å². The second-order valence-electron chi connectivity index (χ2n) is 5.87. The maximum absolute atomic E-state index is 12.8. The van der Waals surface area contributed by atoms with Crippen LogP contribution >= 0.6 is 11.6 Å². The number of carbonyl (C=O) groups excluding carboxylic acids is 1. The molecule has 0 saturated carbocycles. The number of halogens is 4. The standard InChI is InChI=1S/C17H14ClF3N2O5S/c18-12-7-14-15(28-5-4-27-14)8-13(12)23-16(24)9-22-29(25,26)11-3-1-2-10(6-11)17(19,20)21/h1-3,6-8,22H,4-5,9H2,(H,23,24). The molecule has 0 fully saturated rings. The SMILES string of the molecule is O=C(CNS(=O)(=O)c1cccc(C(F)(F)F)c1)Nc1cc2c(cc1Cl)OCCO2. The average molecular weight is 451 g/mol. The van der Waals surface area contributed by atoms with Gasteiger partial charge in [-0.3, -0.25) is 4.79 Å². The second-order valence-corrected chi connectivity index (χ2v) is 8.05. The summed E-state index contributed by atoms with van der Waals surface area (Å²) in [6.45, 7) is -0.0471. The third-order valence-electron chi connectivity index (χ3n) is 3.80. The molecule has 3 rings (SSSR count). The maximum atomic E-state index is 12.8. The van der Waals surface area contributed by atoms with Crippen molar-refractivity contribution in [1.29, 1.82) is 0 Å². The van der Waals surface area contributed by atoms with Crippen LogP contribution < -0.4 is 19.5 Å². The number of amides is 1. The molecule has 0 aromatic heterocycles. The van der Waals surface area contributed by atoms with Crippen LogP contribution in [0.15, 0.2) is 41.3 Å². The van der Waals surface area contributed by atoms with Crippen LogP contribution in [-0.2, 0) is 21.0 Å². The van der Waals surface area contributed by atoms with Crippen molar-refractivity contribution in [2.45, 2.75) is 11.1 Å². The third kappa shape index (κ3) is 5.11. The normalized spacial score (nSPS) is 13.8. The lowest BCUT2D eigenvalue weighted by atomic mass is 10.2. The Hall–Kier alpha value is -2.50. The summed E-state index contributed by atoms with van der Waals surface area (Å²) in [4.78, 5) is 11.5. The van der Waals surface area contributed by atoms with Crippen molar-refractivity contribution in [2.75, 3.05) is 25.1 Å². The van der Waals surface area contributed by atoms with Crippen LogP contribution in [0.2, 0.25) is 5.02 Å². The van der Waals surface area contributed by atoms with Crippen molar-refractivity contribution in [1.82, 2.24) is 4.72 Å². The number of hydrogen-bond acceptors (Lipinski definition) is 5. The van der Waals surface area contributed by atoms with E-state index in [4.69, 9.17) is 21.1 Å². The van der Waals surface area contributed by atoms with Crippen LogP contribution in [0.25, 0.3) is 0 Å². The van der Waals surface area contributed by atoms with Gasteiger partial charge in [0.05, 0.1) is 27.7 Å². The third-order valence-corrected chi connectivity index (χ3v) is 5.51. The molecule has 1 aliphatic rings. The lowest BCUT2D eigenvalue weighted by Crippen LogP contribution is -2.33. The first-order chi connectivity index (χ1) is 13.6. The van der Waals surface area contributed by atoms with Gasteiger partial charge in [-0.2, -0.15) is 13.2 Å². The predicted molar refractivity (Wildman–Crippen MR) is 97.7 cm³/mol. The first-order valence-electron chi connectivity index (χ1n) is 8.12. The van der Waals surface area contributed by atoms with Crippen molar-refractivity contribution in [2.24, 2.45) is 0 Å². The zero-order chi connectivity index (χ0) is 21.2. The molecule has 0 unspecified atom stereocenters. The number of benzene rings is 2. The first-order valence-corrected chi connectivity index (χ1v) is 9.98. The van der Waals surface area contributed by atoms with Crippen LogP contribution in [0.4, 0.5) is 18.9 Å². The van der Waals surface area contributed by atoms with Gasteiger partial charge < -0.3 is 14.8 Å². The average Bonchev–Trinajstić information content (AvgIpc) is 2.66. The summed E-state index contributed by atoms with van der Waals surface area (Å²) >= 11 is 6.06. The number of hydrogen-bond donors (Lipinski definition) is 2. The molecule has 0 aliphatic carbocycles. The van der Waals surface area contributed by atoms with E-state index in [-0.39, 0.29) is 10.7 Å². The molecule has 2 aromatic rings. The van der Waals surface area contributed by atoms with Crippen LogP contribution in [0, 0.1) is 0 Å². The van der Waals surface area contributed by atoms with Crippen LogP contribution in [-0.4, -0.2) is 34.1 Å². The van der Waals surface area contributed by atoms with Gasteiger partial charge in [-0.1, -0.05) is 17.7 Å². The lowest BCUT2D eigenvalue weighted by molar-refractivity contribution is -0.137. The molecule has 0 spiro atoms. The summed E-state index contributed by atoms with van der Waals surface area (Å²) in [6.07, 6.45) is -4.70. The molecule has 7 nitrogen and oxygen atoms in total. The highest BCUT2D eigenvalue weighted by Crippen LogP contribution is 2.38. The molecular formula is C17H14ClF3N2O5S. The monoisotopic (exact) mass is 450 g/mol.